The lowest BCUT2D eigenvalue weighted by molar-refractivity contribution is -0.116. The van der Waals surface area contributed by atoms with Crippen molar-refractivity contribution in [1.82, 2.24) is 14.5 Å². The Labute approximate surface area is 180 Å². The minimum Gasteiger partial charge on any atom is -0.325 e. The fraction of sp³-hybridized carbons (Fsp3) is 0.208. The van der Waals surface area contributed by atoms with Gasteiger partial charge in [0.05, 0.1) is 0 Å². The monoisotopic (exact) mass is 416 g/mol. The second kappa shape index (κ2) is 9.13. The SMILES string of the molecule is CCc1cccc(NC(=O)Cn2c(SCc3ccc(C)cc3)nc3cccnc32)c1. The maximum Gasteiger partial charge on any atom is 0.244 e. The van der Waals surface area contributed by atoms with Crippen molar-refractivity contribution >= 4 is 34.5 Å². The van der Waals surface area contributed by atoms with E-state index >= 15 is 0 Å². The van der Waals surface area contributed by atoms with Gasteiger partial charge < -0.3 is 5.32 Å². The Morgan fingerprint density at radius 1 is 1.07 bits per heavy atom. The molecule has 0 aliphatic rings. The molecular weight excluding hydrogens is 392 g/mol. The lowest BCUT2D eigenvalue weighted by atomic mass is 10.1. The smallest absolute Gasteiger partial charge is 0.244 e. The van der Waals surface area contributed by atoms with Gasteiger partial charge in [0.15, 0.2) is 10.8 Å². The molecule has 0 spiro atoms. The fourth-order valence-electron chi connectivity index (χ4n) is 3.24. The van der Waals surface area contributed by atoms with Crippen molar-refractivity contribution in [1.29, 1.82) is 0 Å². The predicted octanol–water partition coefficient (Wildman–Crippen LogP) is 5.23. The summed E-state index contributed by atoms with van der Waals surface area (Å²) in [6.45, 7) is 4.35. The number of aryl methyl sites for hydroxylation is 2. The van der Waals surface area contributed by atoms with E-state index in [1.807, 2.05) is 34.9 Å². The average molecular weight is 417 g/mol. The van der Waals surface area contributed by atoms with Crippen LogP contribution in [-0.4, -0.2) is 20.4 Å². The summed E-state index contributed by atoms with van der Waals surface area (Å²) in [6.07, 6.45) is 2.66. The van der Waals surface area contributed by atoms with Crippen molar-refractivity contribution in [3.05, 3.63) is 83.6 Å². The number of fused-ring (bicyclic) bond motifs is 1. The number of carbonyl (C=O) groups excluding carboxylic acids is 1. The number of anilines is 1. The number of aromatic nitrogens is 3. The number of nitrogens with zero attached hydrogens (tertiary/aromatic N) is 3. The third kappa shape index (κ3) is 4.71. The van der Waals surface area contributed by atoms with E-state index in [4.69, 9.17) is 4.98 Å². The first-order valence-electron chi connectivity index (χ1n) is 10.0. The van der Waals surface area contributed by atoms with Crippen molar-refractivity contribution in [2.24, 2.45) is 0 Å². The highest BCUT2D eigenvalue weighted by Crippen LogP contribution is 2.26. The van der Waals surface area contributed by atoms with Gasteiger partial charge in [-0.1, -0.05) is 60.6 Å². The van der Waals surface area contributed by atoms with E-state index in [1.54, 1.807) is 18.0 Å². The number of hydrogen-bond acceptors (Lipinski definition) is 4. The molecule has 0 bridgehead atoms. The maximum atomic E-state index is 12.8. The van der Waals surface area contributed by atoms with E-state index in [9.17, 15) is 4.79 Å². The molecule has 4 aromatic rings. The van der Waals surface area contributed by atoms with Crippen LogP contribution in [0, 0.1) is 6.92 Å². The van der Waals surface area contributed by atoms with E-state index in [0.717, 1.165) is 34.2 Å². The van der Waals surface area contributed by atoms with Gasteiger partial charge in [0.25, 0.3) is 0 Å². The number of amides is 1. The van der Waals surface area contributed by atoms with E-state index < -0.39 is 0 Å². The molecule has 1 amide bonds. The average Bonchev–Trinajstić information content (AvgIpc) is 3.11. The van der Waals surface area contributed by atoms with Crippen LogP contribution >= 0.6 is 11.8 Å². The maximum absolute atomic E-state index is 12.8. The first kappa shape index (κ1) is 20.2. The van der Waals surface area contributed by atoms with Gasteiger partial charge in [0.1, 0.15) is 12.1 Å². The summed E-state index contributed by atoms with van der Waals surface area (Å²) >= 11 is 1.62. The zero-order valence-corrected chi connectivity index (χ0v) is 17.9. The van der Waals surface area contributed by atoms with Crippen LogP contribution in [0.5, 0.6) is 0 Å². The molecule has 0 atom stereocenters. The number of pyridine rings is 1. The fourth-order valence-corrected chi connectivity index (χ4v) is 4.19. The van der Waals surface area contributed by atoms with Gasteiger partial charge in [-0.25, -0.2) is 9.97 Å². The number of rotatable bonds is 7. The Balaban J connectivity index is 1.54. The molecule has 152 valence electrons. The van der Waals surface area contributed by atoms with Crippen molar-refractivity contribution in [2.45, 2.75) is 37.7 Å². The summed E-state index contributed by atoms with van der Waals surface area (Å²) in [5.41, 5.74) is 5.98. The van der Waals surface area contributed by atoms with E-state index in [1.165, 1.54) is 16.7 Å². The number of nitrogens with one attached hydrogen (secondary N) is 1. The van der Waals surface area contributed by atoms with Gasteiger partial charge in [0.2, 0.25) is 5.91 Å². The molecule has 5 nitrogen and oxygen atoms in total. The number of hydrogen-bond donors (Lipinski definition) is 1. The minimum absolute atomic E-state index is 0.0922. The van der Waals surface area contributed by atoms with Gasteiger partial charge in [-0.05, 0) is 48.7 Å². The minimum atomic E-state index is -0.0922. The highest BCUT2D eigenvalue weighted by atomic mass is 32.2. The Bertz CT molecular complexity index is 1170. The van der Waals surface area contributed by atoms with Crippen molar-refractivity contribution < 1.29 is 4.79 Å². The zero-order chi connectivity index (χ0) is 20.9. The van der Waals surface area contributed by atoms with Crippen molar-refractivity contribution in [3.8, 4) is 0 Å². The summed E-state index contributed by atoms with van der Waals surface area (Å²) < 4.78 is 1.90. The van der Waals surface area contributed by atoms with Crippen LogP contribution in [0.1, 0.15) is 23.6 Å². The Kier molecular flexibility index (Phi) is 6.14. The largest absolute Gasteiger partial charge is 0.325 e. The van der Waals surface area contributed by atoms with Gasteiger partial charge in [-0.15, -0.1) is 0 Å². The Hall–Kier alpha value is -3.12. The second-order valence-electron chi connectivity index (χ2n) is 7.20. The van der Waals surface area contributed by atoms with E-state index in [0.29, 0.717) is 0 Å². The first-order valence-corrected chi connectivity index (χ1v) is 11.0. The van der Waals surface area contributed by atoms with Crippen LogP contribution in [0.15, 0.2) is 72.0 Å². The molecule has 0 fully saturated rings. The zero-order valence-electron chi connectivity index (χ0n) is 17.1. The molecule has 0 aliphatic carbocycles. The topological polar surface area (TPSA) is 59.8 Å². The lowest BCUT2D eigenvalue weighted by Crippen LogP contribution is -2.19. The second-order valence-corrected chi connectivity index (χ2v) is 8.15. The summed E-state index contributed by atoms with van der Waals surface area (Å²) in [7, 11) is 0. The molecule has 2 aromatic carbocycles. The Morgan fingerprint density at radius 3 is 2.70 bits per heavy atom. The first-order chi connectivity index (χ1) is 14.6. The predicted molar refractivity (Wildman–Crippen MR) is 123 cm³/mol. The number of benzene rings is 2. The molecule has 6 heteroatoms. The van der Waals surface area contributed by atoms with E-state index in [2.05, 4.69) is 54.5 Å². The summed E-state index contributed by atoms with van der Waals surface area (Å²) in [6, 6.07) is 20.2. The van der Waals surface area contributed by atoms with Crippen LogP contribution in [0.3, 0.4) is 0 Å². The molecule has 0 saturated heterocycles. The molecule has 0 aliphatic heterocycles. The molecule has 2 heterocycles. The summed E-state index contributed by atoms with van der Waals surface area (Å²) in [4.78, 5) is 22.0. The molecule has 0 unspecified atom stereocenters. The van der Waals surface area contributed by atoms with Crippen LogP contribution in [0.4, 0.5) is 5.69 Å². The van der Waals surface area contributed by atoms with Crippen LogP contribution in [-0.2, 0) is 23.5 Å². The Morgan fingerprint density at radius 2 is 1.90 bits per heavy atom. The van der Waals surface area contributed by atoms with Crippen LogP contribution < -0.4 is 5.32 Å². The lowest BCUT2D eigenvalue weighted by Gasteiger charge is -2.10. The van der Waals surface area contributed by atoms with Crippen LogP contribution in [0.25, 0.3) is 11.2 Å². The van der Waals surface area contributed by atoms with Gasteiger partial charge in [-0.3, -0.25) is 9.36 Å². The third-order valence-electron chi connectivity index (χ3n) is 4.88. The van der Waals surface area contributed by atoms with Gasteiger partial charge in [0, 0.05) is 17.6 Å². The van der Waals surface area contributed by atoms with Crippen molar-refractivity contribution in [3.63, 3.8) is 0 Å². The number of carbonyl (C=O) groups is 1. The number of imidazole rings is 1. The summed E-state index contributed by atoms with van der Waals surface area (Å²) in [5.74, 6) is 0.689. The normalized spacial score (nSPS) is 11.0. The molecule has 0 radical (unpaired) electrons. The number of thioether (sulfide) groups is 1. The summed E-state index contributed by atoms with van der Waals surface area (Å²) in [5, 5.41) is 3.80. The molecule has 4 rings (SSSR count). The molecule has 1 N–H and O–H groups in total. The molecule has 30 heavy (non-hydrogen) atoms. The van der Waals surface area contributed by atoms with Gasteiger partial charge in [-0.2, -0.15) is 0 Å². The third-order valence-corrected chi connectivity index (χ3v) is 5.93. The molecule has 0 saturated carbocycles. The molecule has 2 aromatic heterocycles. The van der Waals surface area contributed by atoms with Crippen LogP contribution in [0.2, 0.25) is 0 Å². The van der Waals surface area contributed by atoms with E-state index in [-0.39, 0.29) is 12.5 Å². The highest BCUT2D eigenvalue weighted by Gasteiger charge is 2.15. The van der Waals surface area contributed by atoms with Crippen molar-refractivity contribution in [2.75, 3.05) is 5.32 Å². The standard InChI is InChI=1S/C24H24N4OS/c1-3-18-6-4-7-20(14-18)26-22(29)15-28-23-21(8-5-13-25-23)27-24(28)30-16-19-11-9-17(2)10-12-19/h4-14H,3,15-16H2,1-2H3,(H,26,29). The highest BCUT2D eigenvalue weighted by molar-refractivity contribution is 7.98. The quantitative estimate of drug-likeness (QED) is 0.419. The van der Waals surface area contributed by atoms with Gasteiger partial charge >= 0.3 is 0 Å². The molecular formula is C24H24N4OS.